The van der Waals surface area contributed by atoms with Crippen molar-refractivity contribution in [1.82, 2.24) is 4.90 Å². The summed E-state index contributed by atoms with van der Waals surface area (Å²) in [6.45, 7) is 3.84. The highest BCUT2D eigenvalue weighted by Gasteiger charge is 2.13. The van der Waals surface area contributed by atoms with Gasteiger partial charge in [0.15, 0.2) is 0 Å². The average Bonchev–Trinajstić information content (AvgIpc) is 2.51. The van der Waals surface area contributed by atoms with Crippen molar-refractivity contribution in [1.29, 1.82) is 0 Å². The second-order valence-electron chi connectivity index (χ2n) is 5.72. The zero-order valence-electron chi connectivity index (χ0n) is 12.7. The summed E-state index contributed by atoms with van der Waals surface area (Å²) in [5.74, 6) is -0.154. The molecule has 22 heavy (non-hydrogen) atoms. The molecule has 0 aliphatic carbocycles. The number of aliphatic hydroxyl groups is 1. The maximum Gasteiger partial charge on any atom is 0.123 e. The summed E-state index contributed by atoms with van der Waals surface area (Å²) in [6.07, 6.45) is 0. The smallest absolute Gasteiger partial charge is 0.123 e. The lowest BCUT2D eigenvalue weighted by Crippen LogP contribution is -2.29. The number of nitrogens with zero attached hydrogens (tertiary/aromatic N) is 1. The van der Waals surface area contributed by atoms with Crippen LogP contribution in [0.5, 0.6) is 5.75 Å². The molecule has 1 unspecified atom stereocenters. The first-order valence-corrected chi connectivity index (χ1v) is 7.43. The van der Waals surface area contributed by atoms with E-state index in [1.165, 1.54) is 18.2 Å². The fourth-order valence-corrected chi connectivity index (χ4v) is 2.45. The molecule has 0 fully saturated rings. The molecular formula is C18H22FNO2. The Morgan fingerprint density at radius 1 is 1.09 bits per heavy atom. The van der Waals surface area contributed by atoms with Crippen molar-refractivity contribution in [3.05, 3.63) is 65.5 Å². The minimum atomic E-state index is -0.359. The molecule has 0 radical (unpaired) electrons. The van der Waals surface area contributed by atoms with Crippen molar-refractivity contribution in [2.75, 3.05) is 13.2 Å². The van der Waals surface area contributed by atoms with Crippen molar-refractivity contribution >= 4 is 0 Å². The van der Waals surface area contributed by atoms with Gasteiger partial charge in [0, 0.05) is 31.8 Å². The van der Waals surface area contributed by atoms with E-state index in [1.54, 1.807) is 0 Å². The molecule has 0 spiro atoms. The molecular weight excluding hydrogens is 281 g/mol. The molecule has 2 N–H and O–H groups in total. The predicted octanol–water partition coefficient (Wildman–Crippen LogP) is 3.16. The fraction of sp³-hybridized carbons (Fsp3) is 0.333. The fourth-order valence-electron chi connectivity index (χ4n) is 2.45. The summed E-state index contributed by atoms with van der Waals surface area (Å²) >= 11 is 0. The third kappa shape index (κ3) is 4.83. The van der Waals surface area contributed by atoms with Gasteiger partial charge in [-0.3, -0.25) is 4.90 Å². The Kier molecular flexibility index (Phi) is 5.92. The number of aromatic hydroxyl groups is 1. The zero-order chi connectivity index (χ0) is 15.9. The number of hydrogen-bond donors (Lipinski definition) is 2. The topological polar surface area (TPSA) is 43.7 Å². The van der Waals surface area contributed by atoms with Crippen molar-refractivity contribution < 1.29 is 14.6 Å². The van der Waals surface area contributed by atoms with Gasteiger partial charge in [-0.05, 0) is 29.7 Å². The summed E-state index contributed by atoms with van der Waals surface area (Å²) in [5, 5.41) is 19.2. The summed E-state index contributed by atoms with van der Waals surface area (Å²) < 4.78 is 13.4. The van der Waals surface area contributed by atoms with Gasteiger partial charge in [0.1, 0.15) is 11.6 Å². The lowest BCUT2D eigenvalue weighted by Gasteiger charge is -2.25. The standard InChI is InChI=1S/C18H22FNO2/c1-14(13-21)10-20(11-15-5-3-2-4-6-15)12-16-9-17(19)7-8-18(16)22/h2-9,14,21-22H,10-13H2,1H3. The molecule has 2 aromatic rings. The molecule has 3 nitrogen and oxygen atoms in total. The molecule has 2 aromatic carbocycles. The SMILES string of the molecule is CC(CO)CN(Cc1ccccc1)Cc1cc(F)ccc1O. The monoisotopic (exact) mass is 303 g/mol. The predicted molar refractivity (Wildman–Crippen MR) is 84.9 cm³/mol. The van der Waals surface area contributed by atoms with Crippen LogP contribution in [0, 0.1) is 11.7 Å². The van der Waals surface area contributed by atoms with Crippen LogP contribution in [0.2, 0.25) is 0 Å². The summed E-state index contributed by atoms with van der Waals surface area (Å²) in [7, 11) is 0. The molecule has 1 atom stereocenters. The summed E-state index contributed by atoms with van der Waals surface area (Å²) in [4.78, 5) is 2.10. The maximum absolute atomic E-state index is 13.4. The van der Waals surface area contributed by atoms with Crippen LogP contribution in [0.25, 0.3) is 0 Å². The minimum Gasteiger partial charge on any atom is -0.508 e. The lowest BCUT2D eigenvalue weighted by molar-refractivity contribution is 0.162. The number of hydrogen-bond acceptors (Lipinski definition) is 3. The van der Waals surface area contributed by atoms with Crippen molar-refractivity contribution in [3.63, 3.8) is 0 Å². The third-order valence-electron chi connectivity index (χ3n) is 3.57. The van der Waals surface area contributed by atoms with Gasteiger partial charge < -0.3 is 10.2 Å². The highest BCUT2D eigenvalue weighted by Crippen LogP contribution is 2.21. The number of rotatable bonds is 7. The number of aliphatic hydroxyl groups excluding tert-OH is 1. The van der Waals surface area contributed by atoms with Gasteiger partial charge in [-0.15, -0.1) is 0 Å². The van der Waals surface area contributed by atoms with Gasteiger partial charge in [-0.1, -0.05) is 37.3 Å². The second kappa shape index (κ2) is 7.92. The van der Waals surface area contributed by atoms with E-state index >= 15 is 0 Å². The van der Waals surface area contributed by atoms with Crippen LogP contribution in [0.1, 0.15) is 18.1 Å². The Hall–Kier alpha value is -1.91. The lowest BCUT2D eigenvalue weighted by atomic mass is 10.1. The molecule has 0 aliphatic heterocycles. The molecule has 0 heterocycles. The Morgan fingerprint density at radius 2 is 1.82 bits per heavy atom. The molecule has 0 aliphatic rings. The van der Waals surface area contributed by atoms with E-state index in [0.717, 1.165) is 5.56 Å². The van der Waals surface area contributed by atoms with Gasteiger partial charge in [0.2, 0.25) is 0 Å². The number of benzene rings is 2. The van der Waals surface area contributed by atoms with E-state index in [0.29, 0.717) is 25.2 Å². The van der Waals surface area contributed by atoms with E-state index in [9.17, 15) is 14.6 Å². The van der Waals surface area contributed by atoms with Crippen LogP contribution >= 0.6 is 0 Å². The minimum absolute atomic E-state index is 0.0936. The molecule has 2 rings (SSSR count). The summed E-state index contributed by atoms with van der Waals surface area (Å²) in [6, 6.07) is 14.0. The third-order valence-corrected chi connectivity index (χ3v) is 3.57. The molecule has 4 heteroatoms. The van der Waals surface area contributed by atoms with Crippen molar-refractivity contribution in [2.45, 2.75) is 20.0 Å². The summed E-state index contributed by atoms with van der Waals surface area (Å²) in [5.41, 5.74) is 1.70. The largest absolute Gasteiger partial charge is 0.508 e. The first-order valence-electron chi connectivity index (χ1n) is 7.43. The Labute approximate surface area is 130 Å². The molecule has 0 saturated carbocycles. The van der Waals surface area contributed by atoms with Crippen LogP contribution in [0.3, 0.4) is 0 Å². The molecule has 0 bridgehead atoms. The maximum atomic E-state index is 13.4. The molecule has 118 valence electrons. The number of phenols is 1. The van der Waals surface area contributed by atoms with E-state index in [4.69, 9.17) is 0 Å². The first kappa shape index (κ1) is 16.5. The van der Waals surface area contributed by atoms with Crippen LogP contribution < -0.4 is 0 Å². The highest BCUT2D eigenvalue weighted by atomic mass is 19.1. The van der Waals surface area contributed by atoms with E-state index in [2.05, 4.69) is 4.90 Å². The molecule has 0 saturated heterocycles. The van der Waals surface area contributed by atoms with Crippen LogP contribution in [0.4, 0.5) is 4.39 Å². The van der Waals surface area contributed by atoms with E-state index in [-0.39, 0.29) is 24.1 Å². The van der Waals surface area contributed by atoms with Crippen molar-refractivity contribution in [3.8, 4) is 5.75 Å². The van der Waals surface area contributed by atoms with Gasteiger partial charge >= 0.3 is 0 Å². The van der Waals surface area contributed by atoms with Gasteiger partial charge in [0.25, 0.3) is 0 Å². The van der Waals surface area contributed by atoms with Gasteiger partial charge in [-0.25, -0.2) is 4.39 Å². The number of phenolic OH excluding ortho intramolecular Hbond substituents is 1. The quantitative estimate of drug-likeness (QED) is 0.826. The van der Waals surface area contributed by atoms with Gasteiger partial charge in [-0.2, -0.15) is 0 Å². The van der Waals surface area contributed by atoms with E-state index < -0.39 is 0 Å². The first-order chi connectivity index (χ1) is 10.6. The average molecular weight is 303 g/mol. The Bertz CT molecular complexity index is 589. The zero-order valence-corrected chi connectivity index (χ0v) is 12.7. The second-order valence-corrected chi connectivity index (χ2v) is 5.72. The van der Waals surface area contributed by atoms with Crippen LogP contribution in [-0.2, 0) is 13.1 Å². The van der Waals surface area contributed by atoms with Gasteiger partial charge in [0.05, 0.1) is 0 Å². The van der Waals surface area contributed by atoms with Crippen molar-refractivity contribution in [2.24, 2.45) is 5.92 Å². The van der Waals surface area contributed by atoms with Crippen LogP contribution in [-0.4, -0.2) is 28.3 Å². The molecule has 0 aromatic heterocycles. The van der Waals surface area contributed by atoms with Crippen LogP contribution in [0.15, 0.2) is 48.5 Å². The molecule has 0 amide bonds. The van der Waals surface area contributed by atoms with E-state index in [1.807, 2.05) is 37.3 Å². The Morgan fingerprint density at radius 3 is 2.50 bits per heavy atom. The highest BCUT2D eigenvalue weighted by molar-refractivity contribution is 5.32. The normalized spacial score (nSPS) is 12.5. The number of halogens is 1. The Balaban J connectivity index is 2.15.